The van der Waals surface area contributed by atoms with Gasteiger partial charge in [-0.3, -0.25) is 4.79 Å². The van der Waals surface area contributed by atoms with Gasteiger partial charge in [-0.1, -0.05) is 15.9 Å². The zero-order valence-corrected chi connectivity index (χ0v) is 9.59. The fourth-order valence-corrected chi connectivity index (χ4v) is 1.20. The molecule has 0 radical (unpaired) electrons. The number of hydrogen-bond acceptors (Lipinski definition) is 3. The van der Waals surface area contributed by atoms with Crippen LogP contribution >= 0.6 is 15.9 Å². The highest BCUT2D eigenvalue weighted by Crippen LogP contribution is 2.19. The molecule has 13 heavy (non-hydrogen) atoms. The molecule has 1 rings (SSSR count). The van der Waals surface area contributed by atoms with Gasteiger partial charge in [0.1, 0.15) is 6.61 Å². The normalized spacial score (nSPS) is 23.2. The first-order chi connectivity index (χ1) is 5.99. The molecule has 4 heteroatoms. The summed E-state index contributed by atoms with van der Waals surface area (Å²) in [5, 5.41) is 0. The van der Waals surface area contributed by atoms with Gasteiger partial charge < -0.3 is 9.47 Å². The summed E-state index contributed by atoms with van der Waals surface area (Å²) in [5.74, 6) is -0.181. The predicted octanol–water partition coefficient (Wildman–Crippen LogP) is 1.74. The molecule has 1 heterocycles. The van der Waals surface area contributed by atoms with E-state index in [9.17, 15) is 4.79 Å². The molecule has 1 unspecified atom stereocenters. The molecule has 0 aromatic heterocycles. The summed E-state index contributed by atoms with van der Waals surface area (Å²) in [6.45, 7) is 5.53. The average molecular weight is 251 g/mol. The molecule has 0 aliphatic carbocycles. The maximum Gasteiger partial charge on any atom is 0.311 e. The van der Waals surface area contributed by atoms with E-state index in [-0.39, 0.29) is 16.2 Å². The van der Waals surface area contributed by atoms with Crippen LogP contribution in [0.5, 0.6) is 0 Å². The Balaban J connectivity index is 2.25. The second-order valence-electron chi connectivity index (χ2n) is 3.89. The molecule has 1 saturated heterocycles. The lowest BCUT2D eigenvalue weighted by molar-refractivity contribution is -0.149. The summed E-state index contributed by atoms with van der Waals surface area (Å²) >= 11 is 3.41. The lowest BCUT2D eigenvalue weighted by Gasteiger charge is -2.17. The van der Waals surface area contributed by atoms with E-state index in [1.54, 1.807) is 0 Å². The summed E-state index contributed by atoms with van der Waals surface area (Å²) in [5.41, 5.74) is 0. The molecule has 0 spiro atoms. The van der Waals surface area contributed by atoms with Gasteiger partial charge in [-0.2, -0.15) is 0 Å². The first-order valence-corrected chi connectivity index (χ1v) is 5.21. The van der Waals surface area contributed by atoms with Crippen molar-refractivity contribution in [3.05, 3.63) is 0 Å². The highest BCUT2D eigenvalue weighted by molar-refractivity contribution is 9.10. The zero-order chi connectivity index (χ0) is 9.90. The molecule has 1 atom stereocenters. The molecule has 0 amide bonds. The summed E-state index contributed by atoms with van der Waals surface area (Å²) in [7, 11) is 0. The smallest absolute Gasteiger partial charge is 0.311 e. The number of carbonyl (C=O) groups excluding carboxylic acids is 1. The van der Waals surface area contributed by atoms with E-state index in [1.165, 1.54) is 0 Å². The van der Waals surface area contributed by atoms with Crippen LogP contribution < -0.4 is 0 Å². The second-order valence-corrected chi connectivity index (χ2v) is 6.03. The summed E-state index contributed by atoms with van der Waals surface area (Å²) < 4.78 is 10.1. The molecule has 0 aromatic carbocycles. The van der Waals surface area contributed by atoms with E-state index in [0.29, 0.717) is 19.8 Å². The van der Waals surface area contributed by atoms with E-state index in [1.807, 2.05) is 13.8 Å². The number of alkyl halides is 1. The zero-order valence-electron chi connectivity index (χ0n) is 8.01. The number of ether oxygens (including phenoxy) is 2. The maximum absolute atomic E-state index is 11.4. The lowest BCUT2D eigenvalue weighted by atomic mass is 10.1. The largest absolute Gasteiger partial charge is 0.464 e. The van der Waals surface area contributed by atoms with Crippen molar-refractivity contribution >= 4 is 21.9 Å². The van der Waals surface area contributed by atoms with Crippen molar-refractivity contribution in [3.63, 3.8) is 0 Å². The van der Waals surface area contributed by atoms with Gasteiger partial charge in [-0.05, 0) is 20.3 Å². The van der Waals surface area contributed by atoms with Crippen LogP contribution in [0.1, 0.15) is 20.3 Å². The third kappa shape index (κ3) is 4.09. The third-order valence-corrected chi connectivity index (χ3v) is 2.05. The van der Waals surface area contributed by atoms with Gasteiger partial charge in [0.25, 0.3) is 0 Å². The number of carbonyl (C=O) groups is 1. The quantitative estimate of drug-likeness (QED) is 0.566. The van der Waals surface area contributed by atoms with Gasteiger partial charge in [0, 0.05) is 6.61 Å². The van der Waals surface area contributed by atoms with Gasteiger partial charge in [-0.25, -0.2) is 0 Å². The first-order valence-electron chi connectivity index (χ1n) is 4.42. The second kappa shape index (κ2) is 4.42. The van der Waals surface area contributed by atoms with Crippen LogP contribution in [0, 0.1) is 5.92 Å². The maximum atomic E-state index is 11.4. The van der Waals surface area contributed by atoms with Crippen LogP contribution in [-0.4, -0.2) is 30.1 Å². The Labute approximate surface area is 86.9 Å². The van der Waals surface area contributed by atoms with Crippen LogP contribution in [0.3, 0.4) is 0 Å². The number of rotatable bonds is 3. The summed E-state index contributed by atoms with van der Waals surface area (Å²) in [4.78, 5) is 11.4. The van der Waals surface area contributed by atoms with Crippen LogP contribution in [0.25, 0.3) is 0 Å². The third-order valence-electron chi connectivity index (χ3n) is 1.82. The summed E-state index contributed by atoms with van der Waals surface area (Å²) in [6.07, 6.45) is 0.793. The molecule has 76 valence electrons. The van der Waals surface area contributed by atoms with E-state index in [2.05, 4.69) is 15.9 Å². The fourth-order valence-electron chi connectivity index (χ4n) is 1.08. The molecule has 0 aromatic rings. The van der Waals surface area contributed by atoms with Crippen molar-refractivity contribution in [1.29, 1.82) is 0 Å². The van der Waals surface area contributed by atoms with Gasteiger partial charge in [0.2, 0.25) is 0 Å². The number of halogens is 1. The predicted molar refractivity (Wildman–Crippen MR) is 52.9 cm³/mol. The van der Waals surface area contributed by atoms with Gasteiger partial charge >= 0.3 is 5.97 Å². The van der Waals surface area contributed by atoms with E-state index >= 15 is 0 Å². The molecule has 1 fully saturated rings. The fraction of sp³-hybridized carbons (Fsp3) is 0.889. The lowest BCUT2D eigenvalue weighted by Crippen LogP contribution is -2.25. The van der Waals surface area contributed by atoms with Crippen molar-refractivity contribution in [3.8, 4) is 0 Å². The van der Waals surface area contributed by atoms with E-state index in [4.69, 9.17) is 9.47 Å². The topological polar surface area (TPSA) is 35.5 Å². The molecule has 0 bridgehead atoms. The highest BCUT2D eigenvalue weighted by atomic mass is 79.9. The van der Waals surface area contributed by atoms with Gasteiger partial charge in [0.05, 0.1) is 16.8 Å². The molecular weight excluding hydrogens is 236 g/mol. The van der Waals surface area contributed by atoms with Crippen LogP contribution in [0.15, 0.2) is 0 Å². The SMILES string of the molecule is CC(C)(Br)COC(=O)C1CCOC1. The Bertz CT molecular complexity index is 180. The highest BCUT2D eigenvalue weighted by Gasteiger charge is 2.26. The Morgan fingerprint density at radius 2 is 2.38 bits per heavy atom. The van der Waals surface area contributed by atoms with Crippen molar-refractivity contribution in [2.75, 3.05) is 19.8 Å². The van der Waals surface area contributed by atoms with Crippen molar-refractivity contribution in [2.45, 2.75) is 24.6 Å². The Morgan fingerprint density at radius 3 is 2.85 bits per heavy atom. The van der Waals surface area contributed by atoms with Gasteiger partial charge in [0.15, 0.2) is 0 Å². The standard InChI is InChI=1S/C9H15BrO3/c1-9(2,10)6-13-8(11)7-3-4-12-5-7/h7H,3-6H2,1-2H3. The molecule has 1 aliphatic heterocycles. The van der Waals surface area contributed by atoms with Crippen molar-refractivity contribution in [2.24, 2.45) is 5.92 Å². The van der Waals surface area contributed by atoms with Gasteiger partial charge in [-0.15, -0.1) is 0 Å². The minimum atomic E-state index is -0.137. The molecule has 3 nitrogen and oxygen atoms in total. The monoisotopic (exact) mass is 250 g/mol. The number of hydrogen-bond donors (Lipinski definition) is 0. The summed E-state index contributed by atoms with van der Waals surface area (Å²) in [6, 6.07) is 0. The van der Waals surface area contributed by atoms with Crippen LogP contribution in [0.2, 0.25) is 0 Å². The molecule has 0 N–H and O–H groups in total. The van der Waals surface area contributed by atoms with Crippen molar-refractivity contribution < 1.29 is 14.3 Å². The number of esters is 1. The molecular formula is C9H15BrO3. The minimum Gasteiger partial charge on any atom is -0.464 e. The van der Waals surface area contributed by atoms with Crippen molar-refractivity contribution in [1.82, 2.24) is 0 Å². The Morgan fingerprint density at radius 1 is 1.69 bits per heavy atom. The Hall–Kier alpha value is -0.0900. The first kappa shape index (κ1) is 11.0. The van der Waals surface area contributed by atoms with Crippen LogP contribution in [-0.2, 0) is 14.3 Å². The molecule has 0 saturated carbocycles. The Kier molecular flexibility index (Phi) is 3.74. The van der Waals surface area contributed by atoms with E-state index < -0.39 is 0 Å². The van der Waals surface area contributed by atoms with E-state index in [0.717, 1.165) is 6.42 Å². The van der Waals surface area contributed by atoms with Crippen LogP contribution in [0.4, 0.5) is 0 Å². The molecule has 1 aliphatic rings. The minimum absolute atomic E-state index is 0.0464. The average Bonchev–Trinajstić information content (AvgIpc) is 2.50.